The summed E-state index contributed by atoms with van der Waals surface area (Å²) in [5, 5.41) is 0. The number of carbonyl (C=O) groups excluding carboxylic acids is 2. The van der Waals surface area contributed by atoms with Crippen molar-refractivity contribution in [2.24, 2.45) is 5.92 Å². The lowest BCUT2D eigenvalue weighted by molar-refractivity contribution is -0.145. The van der Waals surface area contributed by atoms with Crippen LogP contribution in [0.15, 0.2) is 24.3 Å². The predicted molar refractivity (Wildman–Crippen MR) is 73.4 cm³/mol. The molecule has 2 rings (SSSR count). The lowest BCUT2D eigenvalue weighted by atomic mass is 9.97. The van der Waals surface area contributed by atoms with Gasteiger partial charge in [-0.1, -0.05) is 12.1 Å². The molecule has 0 bridgehead atoms. The molecule has 19 heavy (non-hydrogen) atoms. The maximum atomic E-state index is 11.6. The topological polar surface area (TPSA) is 46.6 Å². The fourth-order valence-corrected chi connectivity index (χ4v) is 2.49. The normalized spacial score (nSPS) is 19.1. The Morgan fingerprint density at radius 2 is 2.16 bits per heavy atom. The first-order valence-corrected chi connectivity index (χ1v) is 6.55. The Kier molecular flexibility index (Phi) is 4.20. The van der Waals surface area contributed by atoms with E-state index in [9.17, 15) is 9.59 Å². The average Bonchev–Trinajstić information content (AvgIpc) is 2.46. The van der Waals surface area contributed by atoms with Gasteiger partial charge in [0.05, 0.1) is 13.0 Å². The summed E-state index contributed by atoms with van der Waals surface area (Å²) in [7, 11) is 1.43. The van der Waals surface area contributed by atoms with Crippen LogP contribution in [0.3, 0.4) is 0 Å². The monoisotopic (exact) mass is 261 g/mol. The molecule has 4 nitrogen and oxygen atoms in total. The molecule has 0 saturated carbocycles. The molecular weight excluding hydrogens is 242 g/mol. The van der Waals surface area contributed by atoms with E-state index < -0.39 is 0 Å². The van der Waals surface area contributed by atoms with Gasteiger partial charge in [0.25, 0.3) is 0 Å². The molecule has 0 radical (unpaired) electrons. The van der Waals surface area contributed by atoms with Crippen molar-refractivity contribution in [2.45, 2.75) is 19.8 Å². The Morgan fingerprint density at radius 3 is 2.84 bits per heavy atom. The zero-order valence-corrected chi connectivity index (χ0v) is 11.4. The van der Waals surface area contributed by atoms with Crippen LogP contribution in [-0.2, 0) is 9.53 Å². The number of carbonyl (C=O) groups is 2. The second kappa shape index (κ2) is 5.87. The molecule has 1 saturated heterocycles. The fraction of sp³-hybridized carbons (Fsp3) is 0.467. The van der Waals surface area contributed by atoms with Gasteiger partial charge in [-0.2, -0.15) is 0 Å². The van der Waals surface area contributed by atoms with Crippen LogP contribution in [0, 0.1) is 5.92 Å². The van der Waals surface area contributed by atoms with Crippen molar-refractivity contribution in [3.05, 3.63) is 29.8 Å². The summed E-state index contributed by atoms with van der Waals surface area (Å²) in [4.78, 5) is 25.2. The number of piperidine rings is 1. The Balaban J connectivity index is 2.15. The number of Topliss-reactive ketones (excluding diaryl/α,β-unsaturated/α-hetero) is 1. The van der Waals surface area contributed by atoms with Gasteiger partial charge in [0, 0.05) is 24.3 Å². The molecule has 1 unspecified atom stereocenters. The van der Waals surface area contributed by atoms with Gasteiger partial charge in [-0.3, -0.25) is 9.59 Å². The molecule has 0 aliphatic carbocycles. The van der Waals surface area contributed by atoms with E-state index in [0.717, 1.165) is 25.1 Å². The molecule has 1 aromatic carbocycles. The number of anilines is 1. The molecular formula is C15H19NO3. The van der Waals surface area contributed by atoms with E-state index in [1.807, 2.05) is 24.3 Å². The van der Waals surface area contributed by atoms with E-state index in [0.29, 0.717) is 12.1 Å². The first-order valence-electron chi connectivity index (χ1n) is 6.55. The van der Waals surface area contributed by atoms with Crippen LogP contribution in [0.25, 0.3) is 0 Å². The molecule has 1 fully saturated rings. The summed E-state index contributed by atoms with van der Waals surface area (Å²) < 4.78 is 4.82. The van der Waals surface area contributed by atoms with E-state index in [1.54, 1.807) is 6.92 Å². The standard InChI is InChI=1S/C15H19NO3/c1-11(17)12-5-3-7-14(9-12)16-8-4-6-13(10-16)15(18)19-2/h3,5,7,9,13H,4,6,8,10H2,1-2H3. The Hall–Kier alpha value is -1.84. The number of ketones is 1. The number of nitrogens with zero attached hydrogens (tertiary/aromatic N) is 1. The van der Waals surface area contributed by atoms with Crippen LogP contribution < -0.4 is 4.90 Å². The molecule has 1 atom stereocenters. The average molecular weight is 261 g/mol. The lowest BCUT2D eigenvalue weighted by Gasteiger charge is -2.33. The molecule has 1 heterocycles. The fourth-order valence-electron chi connectivity index (χ4n) is 2.49. The first kappa shape index (κ1) is 13.6. The van der Waals surface area contributed by atoms with Gasteiger partial charge >= 0.3 is 5.97 Å². The summed E-state index contributed by atoms with van der Waals surface area (Å²) in [5.41, 5.74) is 1.71. The molecule has 0 N–H and O–H groups in total. The number of hydrogen-bond acceptors (Lipinski definition) is 4. The van der Waals surface area contributed by atoms with E-state index in [4.69, 9.17) is 4.74 Å². The summed E-state index contributed by atoms with van der Waals surface area (Å²) in [6.45, 7) is 3.13. The van der Waals surface area contributed by atoms with E-state index in [1.165, 1.54) is 7.11 Å². The SMILES string of the molecule is COC(=O)C1CCCN(c2cccc(C(C)=O)c2)C1. The third-order valence-corrected chi connectivity index (χ3v) is 3.57. The lowest BCUT2D eigenvalue weighted by Crippen LogP contribution is -2.39. The van der Waals surface area contributed by atoms with Crippen LogP contribution in [0.1, 0.15) is 30.1 Å². The van der Waals surface area contributed by atoms with Crippen molar-refractivity contribution in [2.75, 3.05) is 25.1 Å². The summed E-state index contributed by atoms with van der Waals surface area (Å²) in [5.74, 6) is -0.157. The summed E-state index contributed by atoms with van der Waals surface area (Å²) in [6.07, 6.45) is 1.83. The van der Waals surface area contributed by atoms with Crippen molar-refractivity contribution < 1.29 is 14.3 Å². The van der Waals surface area contributed by atoms with Crippen LogP contribution in [-0.4, -0.2) is 32.0 Å². The zero-order chi connectivity index (χ0) is 13.8. The van der Waals surface area contributed by atoms with Gasteiger partial charge in [0.15, 0.2) is 5.78 Å². The highest BCUT2D eigenvalue weighted by Crippen LogP contribution is 2.24. The molecule has 102 valence electrons. The number of esters is 1. The number of rotatable bonds is 3. The second-order valence-electron chi connectivity index (χ2n) is 4.91. The molecule has 1 aromatic rings. The Morgan fingerprint density at radius 1 is 1.37 bits per heavy atom. The minimum atomic E-state index is -0.146. The Labute approximate surface area is 113 Å². The predicted octanol–water partition coefficient (Wildman–Crippen LogP) is 2.28. The minimum Gasteiger partial charge on any atom is -0.469 e. The van der Waals surface area contributed by atoms with Gasteiger partial charge in [0.2, 0.25) is 0 Å². The van der Waals surface area contributed by atoms with Crippen molar-refractivity contribution >= 4 is 17.4 Å². The number of methoxy groups -OCH3 is 1. The van der Waals surface area contributed by atoms with Gasteiger partial charge in [-0.25, -0.2) is 0 Å². The van der Waals surface area contributed by atoms with E-state index >= 15 is 0 Å². The largest absolute Gasteiger partial charge is 0.469 e. The second-order valence-corrected chi connectivity index (χ2v) is 4.91. The molecule has 1 aliphatic heterocycles. The van der Waals surface area contributed by atoms with Crippen LogP contribution >= 0.6 is 0 Å². The minimum absolute atomic E-state index is 0.0587. The van der Waals surface area contributed by atoms with Crippen molar-refractivity contribution in [3.8, 4) is 0 Å². The van der Waals surface area contributed by atoms with Crippen molar-refractivity contribution in [1.29, 1.82) is 0 Å². The highest BCUT2D eigenvalue weighted by molar-refractivity contribution is 5.95. The third-order valence-electron chi connectivity index (χ3n) is 3.57. The Bertz CT molecular complexity index is 484. The van der Waals surface area contributed by atoms with Crippen LogP contribution in [0.4, 0.5) is 5.69 Å². The van der Waals surface area contributed by atoms with Crippen LogP contribution in [0.2, 0.25) is 0 Å². The van der Waals surface area contributed by atoms with Crippen molar-refractivity contribution in [1.82, 2.24) is 0 Å². The highest BCUT2D eigenvalue weighted by atomic mass is 16.5. The van der Waals surface area contributed by atoms with E-state index in [-0.39, 0.29) is 17.7 Å². The summed E-state index contributed by atoms with van der Waals surface area (Å²) in [6, 6.07) is 7.56. The molecule has 4 heteroatoms. The quantitative estimate of drug-likeness (QED) is 0.618. The zero-order valence-electron chi connectivity index (χ0n) is 11.4. The third kappa shape index (κ3) is 3.13. The van der Waals surface area contributed by atoms with Gasteiger partial charge in [-0.15, -0.1) is 0 Å². The van der Waals surface area contributed by atoms with E-state index in [2.05, 4.69) is 4.90 Å². The number of ether oxygens (including phenoxy) is 1. The smallest absolute Gasteiger partial charge is 0.310 e. The van der Waals surface area contributed by atoms with Crippen LogP contribution in [0.5, 0.6) is 0 Å². The molecule has 1 aliphatic rings. The molecule has 0 aromatic heterocycles. The highest BCUT2D eigenvalue weighted by Gasteiger charge is 2.26. The summed E-state index contributed by atoms with van der Waals surface area (Å²) >= 11 is 0. The van der Waals surface area contributed by atoms with Gasteiger partial charge in [0.1, 0.15) is 0 Å². The maximum Gasteiger partial charge on any atom is 0.310 e. The van der Waals surface area contributed by atoms with Crippen molar-refractivity contribution in [3.63, 3.8) is 0 Å². The molecule has 0 amide bonds. The number of hydrogen-bond donors (Lipinski definition) is 0. The van der Waals surface area contributed by atoms with Gasteiger partial charge < -0.3 is 9.64 Å². The molecule has 0 spiro atoms. The van der Waals surface area contributed by atoms with Gasteiger partial charge in [-0.05, 0) is 31.9 Å². The first-order chi connectivity index (χ1) is 9.11. The maximum absolute atomic E-state index is 11.6. The number of benzene rings is 1.